The van der Waals surface area contributed by atoms with Gasteiger partial charge in [-0.1, -0.05) is 25.1 Å². The summed E-state index contributed by atoms with van der Waals surface area (Å²) in [5.41, 5.74) is 4.40. The fourth-order valence-corrected chi connectivity index (χ4v) is 4.43. The summed E-state index contributed by atoms with van der Waals surface area (Å²) < 4.78 is 0. The van der Waals surface area contributed by atoms with E-state index in [0.29, 0.717) is 12.1 Å². The average Bonchev–Trinajstić information content (AvgIpc) is 3.06. The number of hydrogen-bond donors (Lipinski definition) is 2. The van der Waals surface area contributed by atoms with E-state index < -0.39 is 0 Å². The quantitative estimate of drug-likeness (QED) is 0.819. The van der Waals surface area contributed by atoms with E-state index in [9.17, 15) is 0 Å². The van der Waals surface area contributed by atoms with E-state index in [1.54, 1.807) is 11.3 Å². The zero-order valence-corrected chi connectivity index (χ0v) is 11.8. The second-order valence-electron chi connectivity index (χ2n) is 5.86. The Hall–Kier alpha value is -1.32. The van der Waals surface area contributed by atoms with Gasteiger partial charge in [0.25, 0.3) is 0 Å². The van der Waals surface area contributed by atoms with Crippen molar-refractivity contribution in [1.82, 2.24) is 5.32 Å². The van der Waals surface area contributed by atoms with Crippen LogP contribution >= 0.6 is 11.3 Å². The fourth-order valence-electron chi connectivity index (χ4n) is 3.74. The summed E-state index contributed by atoms with van der Waals surface area (Å²) >= 11 is 1.79. The molecule has 1 aromatic carbocycles. The summed E-state index contributed by atoms with van der Waals surface area (Å²) in [5, 5.41) is 12.0. The first kappa shape index (κ1) is 11.5. The van der Waals surface area contributed by atoms with Gasteiger partial charge in [0.05, 0.1) is 6.04 Å². The highest BCUT2D eigenvalue weighted by atomic mass is 32.1. The van der Waals surface area contributed by atoms with Gasteiger partial charge >= 0.3 is 0 Å². The maximum absolute atomic E-state index is 3.78. The largest absolute Gasteiger partial charge is 0.377 e. The lowest BCUT2D eigenvalue weighted by molar-refractivity contribution is 0.227. The Morgan fingerprint density at radius 3 is 2.95 bits per heavy atom. The molecule has 0 bridgehead atoms. The Morgan fingerprint density at radius 1 is 1.21 bits per heavy atom. The molecule has 1 fully saturated rings. The second-order valence-corrected chi connectivity index (χ2v) is 6.64. The first-order chi connectivity index (χ1) is 9.29. The highest BCUT2D eigenvalue weighted by Crippen LogP contribution is 2.55. The first-order valence-corrected chi connectivity index (χ1v) is 7.84. The van der Waals surface area contributed by atoms with Crippen LogP contribution in [-0.4, -0.2) is 6.54 Å². The topological polar surface area (TPSA) is 24.1 Å². The van der Waals surface area contributed by atoms with Crippen LogP contribution in [0.1, 0.15) is 36.6 Å². The number of para-hydroxylation sites is 1. The second kappa shape index (κ2) is 4.09. The molecule has 1 saturated heterocycles. The van der Waals surface area contributed by atoms with E-state index in [1.807, 2.05) is 0 Å². The molecule has 98 valence electrons. The monoisotopic (exact) mass is 270 g/mol. The number of fused-ring (bicyclic) bond motifs is 3. The van der Waals surface area contributed by atoms with Crippen LogP contribution in [0.5, 0.6) is 0 Å². The molecule has 2 nitrogen and oxygen atoms in total. The predicted octanol–water partition coefficient (Wildman–Crippen LogP) is 3.96. The zero-order valence-electron chi connectivity index (χ0n) is 11.0. The van der Waals surface area contributed by atoms with Crippen molar-refractivity contribution in [1.29, 1.82) is 0 Å². The number of rotatable bonds is 1. The van der Waals surface area contributed by atoms with Gasteiger partial charge < -0.3 is 10.6 Å². The minimum absolute atomic E-state index is 0.259. The molecule has 0 amide bonds. The van der Waals surface area contributed by atoms with Crippen molar-refractivity contribution in [3.05, 3.63) is 52.2 Å². The van der Waals surface area contributed by atoms with Crippen molar-refractivity contribution < 1.29 is 0 Å². The summed E-state index contributed by atoms with van der Waals surface area (Å²) in [4.78, 5) is 0. The van der Waals surface area contributed by atoms with E-state index in [2.05, 4.69) is 58.6 Å². The number of anilines is 1. The number of thiophene rings is 1. The van der Waals surface area contributed by atoms with E-state index in [1.165, 1.54) is 23.2 Å². The van der Waals surface area contributed by atoms with Crippen molar-refractivity contribution >= 4 is 17.0 Å². The van der Waals surface area contributed by atoms with Gasteiger partial charge in [-0.15, -0.1) is 0 Å². The van der Waals surface area contributed by atoms with Crippen LogP contribution in [0, 0.1) is 5.41 Å². The molecule has 2 aromatic rings. The van der Waals surface area contributed by atoms with Crippen LogP contribution in [0.4, 0.5) is 5.69 Å². The van der Waals surface area contributed by atoms with Gasteiger partial charge in [-0.05, 0) is 47.0 Å². The third kappa shape index (κ3) is 1.58. The molecule has 1 aromatic heterocycles. The maximum Gasteiger partial charge on any atom is 0.0594 e. The van der Waals surface area contributed by atoms with Crippen molar-refractivity contribution in [3.63, 3.8) is 0 Å². The van der Waals surface area contributed by atoms with Crippen LogP contribution in [-0.2, 0) is 0 Å². The standard InChI is InChI=1S/C16H18N2S/c1-16-7-8-17-15(16)12-4-2-3-5-13(12)18-14(16)11-6-9-19-10-11/h2-6,9-10,14-15,17-18H,7-8H2,1H3/t14-,15+,16+/m0/s1. The molecule has 0 unspecified atom stereocenters. The van der Waals surface area contributed by atoms with Crippen LogP contribution in [0.25, 0.3) is 0 Å². The van der Waals surface area contributed by atoms with Crippen molar-refractivity contribution in [3.8, 4) is 0 Å². The molecular weight excluding hydrogens is 252 g/mol. The summed E-state index contributed by atoms with van der Waals surface area (Å²) in [7, 11) is 0. The van der Waals surface area contributed by atoms with Gasteiger partial charge in [0, 0.05) is 17.1 Å². The van der Waals surface area contributed by atoms with Crippen LogP contribution in [0.15, 0.2) is 41.1 Å². The van der Waals surface area contributed by atoms with E-state index >= 15 is 0 Å². The Morgan fingerprint density at radius 2 is 2.11 bits per heavy atom. The Kier molecular flexibility index (Phi) is 2.47. The minimum atomic E-state index is 0.259. The van der Waals surface area contributed by atoms with E-state index in [-0.39, 0.29) is 5.41 Å². The van der Waals surface area contributed by atoms with Crippen LogP contribution in [0.2, 0.25) is 0 Å². The molecule has 3 heteroatoms. The number of benzene rings is 1. The molecule has 0 saturated carbocycles. The number of nitrogens with one attached hydrogen (secondary N) is 2. The zero-order chi connectivity index (χ0) is 12.9. The highest BCUT2D eigenvalue weighted by molar-refractivity contribution is 7.08. The molecule has 19 heavy (non-hydrogen) atoms. The maximum atomic E-state index is 3.78. The van der Waals surface area contributed by atoms with Gasteiger partial charge in [-0.2, -0.15) is 11.3 Å². The lowest BCUT2D eigenvalue weighted by Crippen LogP contribution is -2.40. The van der Waals surface area contributed by atoms with Gasteiger partial charge in [-0.25, -0.2) is 0 Å². The fraction of sp³-hybridized carbons (Fsp3) is 0.375. The summed E-state index contributed by atoms with van der Waals surface area (Å²) in [6, 6.07) is 11.9. The van der Waals surface area contributed by atoms with Crippen molar-refractivity contribution in [2.24, 2.45) is 5.41 Å². The summed E-state index contributed by atoms with van der Waals surface area (Å²) in [6.07, 6.45) is 1.22. The third-order valence-electron chi connectivity index (χ3n) is 4.78. The molecule has 0 aliphatic carbocycles. The Bertz CT molecular complexity index is 593. The average molecular weight is 270 g/mol. The van der Waals surface area contributed by atoms with Crippen molar-refractivity contribution in [2.75, 3.05) is 11.9 Å². The van der Waals surface area contributed by atoms with E-state index in [4.69, 9.17) is 0 Å². The van der Waals surface area contributed by atoms with Gasteiger partial charge in [-0.3, -0.25) is 0 Å². The smallest absolute Gasteiger partial charge is 0.0594 e. The Labute approximate surface area is 117 Å². The lowest BCUT2D eigenvalue weighted by atomic mass is 9.69. The van der Waals surface area contributed by atoms with Gasteiger partial charge in [0.2, 0.25) is 0 Å². The summed E-state index contributed by atoms with van der Waals surface area (Å²) in [6.45, 7) is 3.53. The summed E-state index contributed by atoms with van der Waals surface area (Å²) in [5.74, 6) is 0. The SMILES string of the molecule is C[C@]12CCN[C@@H]1c1ccccc1N[C@H]2c1ccsc1. The minimum Gasteiger partial charge on any atom is -0.377 e. The predicted molar refractivity (Wildman–Crippen MR) is 80.6 cm³/mol. The Balaban J connectivity index is 1.87. The molecule has 0 spiro atoms. The molecular formula is C16H18N2S. The third-order valence-corrected chi connectivity index (χ3v) is 5.48. The lowest BCUT2D eigenvalue weighted by Gasteiger charge is -2.45. The van der Waals surface area contributed by atoms with Crippen LogP contribution < -0.4 is 10.6 Å². The van der Waals surface area contributed by atoms with Gasteiger partial charge in [0.1, 0.15) is 0 Å². The molecule has 4 rings (SSSR count). The van der Waals surface area contributed by atoms with E-state index in [0.717, 1.165) is 6.54 Å². The molecule has 2 aliphatic heterocycles. The normalized spacial score (nSPS) is 32.5. The van der Waals surface area contributed by atoms with Gasteiger partial charge in [0.15, 0.2) is 0 Å². The first-order valence-electron chi connectivity index (χ1n) is 6.90. The van der Waals surface area contributed by atoms with Crippen molar-refractivity contribution in [2.45, 2.75) is 25.4 Å². The molecule has 2 N–H and O–H groups in total. The van der Waals surface area contributed by atoms with Crippen LogP contribution in [0.3, 0.4) is 0 Å². The molecule has 3 atom stereocenters. The highest BCUT2D eigenvalue weighted by Gasteiger charge is 2.49. The number of hydrogen-bond acceptors (Lipinski definition) is 3. The molecule has 2 aliphatic rings. The molecule has 3 heterocycles. The molecule has 0 radical (unpaired) electrons.